The van der Waals surface area contributed by atoms with Crippen molar-refractivity contribution in [2.24, 2.45) is 11.8 Å². The van der Waals surface area contributed by atoms with Gasteiger partial charge < -0.3 is 4.74 Å². The fraction of sp³-hybridized carbons (Fsp3) is 0.682. The molecule has 0 bridgehead atoms. The highest BCUT2D eigenvalue weighted by Crippen LogP contribution is 2.52. The van der Waals surface area contributed by atoms with Gasteiger partial charge in [-0.15, -0.1) is 12.6 Å². The Bertz CT molecular complexity index is 666. The molecule has 2 saturated carbocycles. The Morgan fingerprint density at radius 2 is 1.62 bits per heavy atom. The summed E-state index contributed by atoms with van der Waals surface area (Å²) >= 11 is 4.11. The van der Waals surface area contributed by atoms with Gasteiger partial charge in [0.05, 0.1) is 0 Å². The number of halogens is 5. The van der Waals surface area contributed by atoms with Gasteiger partial charge in [0.25, 0.3) is 0 Å². The largest absolute Gasteiger partial charge is 0.490 e. The average Bonchev–Trinajstić information content (AvgIpc) is 2.71. The van der Waals surface area contributed by atoms with Crippen molar-refractivity contribution in [3.05, 3.63) is 30.7 Å². The van der Waals surface area contributed by atoms with Gasteiger partial charge in [0.1, 0.15) is 18.5 Å². The molecule has 7 heteroatoms. The molecule has 5 atom stereocenters. The summed E-state index contributed by atoms with van der Waals surface area (Å²) in [5, 5.41) is 0. The van der Waals surface area contributed by atoms with Gasteiger partial charge in [0.15, 0.2) is 23.7 Å². The lowest BCUT2D eigenvalue weighted by atomic mass is 9.64. The molecule has 5 unspecified atom stereocenters. The molecule has 0 amide bonds. The van der Waals surface area contributed by atoms with Crippen LogP contribution in [0.3, 0.4) is 0 Å². The third-order valence-corrected chi connectivity index (χ3v) is 6.75. The number of alkyl halides is 5. The molecule has 2 fully saturated rings. The van der Waals surface area contributed by atoms with Gasteiger partial charge in [-0.1, -0.05) is 32.6 Å². The van der Waals surface area contributed by atoms with Crippen LogP contribution in [0.2, 0.25) is 0 Å². The SMILES string of the molecule is CCC[C@H]1CC[C@H](C2(F)C(F)[CH]C(F)(COc3ccc(S)cc3)C(F)C2F)CC1. The third-order valence-electron chi connectivity index (χ3n) is 6.45. The Balaban J connectivity index is 1.68. The monoisotopic (exact) mass is 435 g/mol. The first kappa shape index (κ1) is 22.7. The smallest absolute Gasteiger partial charge is 0.184 e. The van der Waals surface area contributed by atoms with Gasteiger partial charge in [-0.3, -0.25) is 0 Å². The lowest BCUT2D eigenvalue weighted by molar-refractivity contribution is -0.159. The molecule has 2 aliphatic carbocycles. The van der Waals surface area contributed by atoms with Crippen LogP contribution in [0.25, 0.3) is 0 Å². The molecule has 163 valence electrons. The predicted molar refractivity (Wildman–Crippen MR) is 106 cm³/mol. The zero-order valence-electron chi connectivity index (χ0n) is 16.5. The molecular formula is C22H28F5OS. The molecule has 0 saturated heterocycles. The molecule has 1 aromatic carbocycles. The molecule has 1 radical (unpaired) electrons. The van der Waals surface area contributed by atoms with E-state index in [1.54, 1.807) is 12.1 Å². The van der Waals surface area contributed by atoms with E-state index in [0.29, 0.717) is 30.1 Å². The van der Waals surface area contributed by atoms with Crippen LogP contribution >= 0.6 is 12.6 Å². The summed E-state index contributed by atoms with van der Waals surface area (Å²) in [4.78, 5) is 0.642. The minimum atomic E-state index is -3.05. The highest BCUT2D eigenvalue weighted by Gasteiger charge is 2.67. The van der Waals surface area contributed by atoms with E-state index in [0.717, 1.165) is 12.8 Å². The fourth-order valence-corrected chi connectivity index (χ4v) is 4.85. The first-order valence-corrected chi connectivity index (χ1v) is 10.7. The summed E-state index contributed by atoms with van der Waals surface area (Å²) in [5.41, 5.74) is -6.09. The van der Waals surface area contributed by atoms with Crippen LogP contribution in [0.15, 0.2) is 29.2 Å². The maximum atomic E-state index is 15.5. The van der Waals surface area contributed by atoms with Gasteiger partial charge in [0, 0.05) is 11.3 Å². The molecule has 29 heavy (non-hydrogen) atoms. The minimum absolute atomic E-state index is 0.206. The Kier molecular flexibility index (Phi) is 7.06. The Morgan fingerprint density at radius 1 is 1.00 bits per heavy atom. The molecule has 1 nitrogen and oxygen atoms in total. The topological polar surface area (TPSA) is 9.23 Å². The summed E-state index contributed by atoms with van der Waals surface area (Å²) < 4.78 is 80.2. The normalized spacial score (nSPS) is 40.6. The quantitative estimate of drug-likeness (QED) is 0.391. The summed E-state index contributed by atoms with van der Waals surface area (Å²) in [5.74, 6) is -0.344. The molecule has 0 spiro atoms. The predicted octanol–water partition coefficient (Wildman–Crippen LogP) is 6.61. The number of benzene rings is 1. The lowest BCUT2D eigenvalue weighted by Gasteiger charge is -2.49. The standard InChI is InChI=1S/C22H28F5OS/c1-2-3-14-4-6-15(7-5-14)22(27)18(23)12-21(26,19(24)20(22)25)13-28-16-8-10-17(29)11-9-16/h8-12,14-15,18-20,29H,2-7,13H2,1H3/t14-,15-,18?,19?,20?,21?,22?. The Hall–Kier alpha value is -0.980. The highest BCUT2D eigenvalue weighted by molar-refractivity contribution is 7.80. The van der Waals surface area contributed by atoms with Crippen molar-refractivity contribution in [2.45, 2.75) is 80.2 Å². The summed E-state index contributed by atoms with van der Waals surface area (Å²) in [6.07, 6.45) is -4.05. The third kappa shape index (κ3) is 4.54. The van der Waals surface area contributed by atoms with E-state index < -0.39 is 42.4 Å². The van der Waals surface area contributed by atoms with E-state index in [9.17, 15) is 13.2 Å². The van der Waals surface area contributed by atoms with Crippen LogP contribution in [0, 0.1) is 18.3 Å². The molecular weight excluding hydrogens is 407 g/mol. The highest BCUT2D eigenvalue weighted by atomic mass is 32.1. The van der Waals surface area contributed by atoms with Gasteiger partial charge in [-0.25, -0.2) is 22.0 Å². The molecule has 0 aromatic heterocycles. The van der Waals surface area contributed by atoms with E-state index in [1.807, 2.05) is 0 Å². The van der Waals surface area contributed by atoms with E-state index >= 15 is 8.78 Å². The molecule has 0 N–H and O–H groups in total. The second kappa shape index (κ2) is 9.03. The van der Waals surface area contributed by atoms with Crippen molar-refractivity contribution >= 4 is 12.6 Å². The first-order valence-electron chi connectivity index (χ1n) is 10.3. The van der Waals surface area contributed by atoms with Crippen molar-refractivity contribution < 1.29 is 26.7 Å². The number of thiol groups is 1. The molecule has 3 rings (SSSR count). The summed E-state index contributed by atoms with van der Waals surface area (Å²) in [7, 11) is 0. The Morgan fingerprint density at radius 3 is 2.21 bits per heavy atom. The average molecular weight is 436 g/mol. The van der Waals surface area contributed by atoms with E-state index in [-0.39, 0.29) is 18.6 Å². The molecule has 0 aliphatic heterocycles. The fourth-order valence-electron chi connectivity index (χ4n) is 4.70. The van der Waals surface area contributed by atoms with Crippen molar-refractivity contribution in [1.82, 2.24) is 0 Å². The van der Waals surface area contributed by atoms with Crippen LogP contribution in [0.5, 0.6) is 5.75 Å². The minimum Gasteiger partial charge on any atom is -0.490 e. The summed E-state index contributed by atoms with van der Waals surface area (Å²) in [6.45, 7) is 1.12. The van der Waals surface area contributed by atoms with E-state index in [2.05, 4.69) is 19.6 Å². The van der Waals surface area contributed by atoms with Crippen molar-refractivity contribution in [3.8, 4) is 5.75 Å². The molecule has 1 aromatic rings. The molecule has 0 heterocycles. The maximum Gasteiger partial charge on any atom is 0.184 e. The maximum absolute atomic E-state index is 15.5. The second-order valence-corrected chi connectivity index (χ2v) is 8.93. The number of hydrogen-bond acceptors (Lipinski definition) is 2. The van der Waals surface area contributed by atoms with Crippen LogP contribution < -0.4 is 4.74 Å². The second-order valence-electron chi connectivity index (χ2n) is 8.41. The van der Waals surface area contributed by atoms with Crippen LogP contribution in [0.4, 0.5) is 22.0 Å². The van der Waals surface area contributed by atoms with Crippen molar-refractivity contribution in [2.75, 3.05) is 6.61 Å². The van der Waals surface area contributed by atoms with Crippen LogP contribution in [-0.4, -0.2) is 36.5 Å². The van der Waals surface area contributed by atoms with Crippen molar-refractivity contribution in [3.63, 3.8) is 0 Å². The molecule has 2 aliphatic rings. The number of hydrogen-bond donors (Lipinski definition) is 1. The number of rotatable bonds is 6. The van der Waals surface area contributed by atoms with Gasteiger partial charge in [-0.05, 0) is 48.9 Å². The van der Waals surface area contributed by atoms with Gasteiger partial charge in [-0.2, -0.15) is 0 Å². The number of ether oxygens (including phenoxy) is 1. The lowest BCUT2D eigenvalue weighted by Crippen LogP contribution is -2.66. The van der Waals surface area contributed by atoms with Crippen LogP contribution in [0.1, 0.15) is 45.4 Å². The zero-order chi connectivity index (χ0) is 21.2. The van der Waals surface area contributed by atoms with Gasteiger partial charge in [0.2, 0.25) is 0 Å². The van der Waals surface area contributed by atoms with E-state index in [1.165, 1.54) is 12.1 Å². The van der Waals surface area contributed by atoms with E-state index in [4.69, 9.17) is 4.74 Å². The van der Waals surface area contributed by atoms with Gasteiger partial charge >= 0.3 is 0 Å². The summed E-state index contributed by atoms with van der Waals surface area (Å²) in [6, 6.07) is 6.13. The Labute approximate surface area is 174 Å². The van der Waals surface area contributed by atoms with Crippen molar-refractivity contribution in [1.29, 1.82) is 0 Å². The van der Waals surface area contributed by atoms with Crippen LogP contribution in [-0.2, 0) is 0 Å². The zero-order valence-corrected chi connectivity index (χ0v) is 17.4. The first-order chi connectivity index (χ1) is 13.7.